The minimum absolute atomic E-state index is 0.0210. The number of aliphatic hydroxyl groups is 1. The summed E-state index contributed by atoms with van der Waals surface area (Å²) in [4.78, 5) is 23.1. The Morgan fingerprint density at radius 1 is 1.15 bits per heavy atom. The molecule has 0 spiro atoms. The topological polar surface area (TPSA) is 87.6 Å². The van der Waals surface area contributed by atoms with Gasteiger partial charge in [-0.3, -0.25) is 4.79 Å². The number of carbonyl (C=O) groups is 1. The van der Waals surface area contributed by atoms with Crippen molar-refractivity contribution in [2.24, 2.45) is 0 Å². The molecule has 0 atom stereocenters. The maximum Gasteiger partial charge on any atom is 0.251 e. The van der Waals surface area contributed by atoms with Crippen LogP contribution in [0, 0.1) is 13.8 Å². The molecule has 0 saturated heterocycles. The van der Waals surface area contributed by atoms with Crippen LogP contribution >= 0.6 is 0 Å². The van der Waals surface area contributed by atoms with E-state index in [1.54, 1.807) is 12.1 Å². The van der Waals surface area contributed by atoms with Gasteiger partial charge in [-0.2, -0.15) is 0 Å². The lowest BCUT2D eigenvalue weighted by Gasteiger charge is -2.15. The number of nitrogens with one attached hydrogen (secondary N) is 1. The van der Waals surface area contributed by atoms with Crippen LogP contribution in [0.25, 0.3) is 11.3 Å². The number of hydrogen-bond acceptors (Lipinski definition) is 6. The first-order chi connectivity index (χ1) is 12.4. The van der Waals surface area contributed by atoms with Crippen molar-refractivity contribution in [3.05, 3.63) is 41.1 Å². The number of amides is 1. The van der Waals surface area contributed by atoms with Crippen molar-refractivity contribution in [1.29, 1.82) is 0 Å². The first kappa shape index (κ1) is 19.8. The van der Waals surface area contributed by atoms with Gasteiger partial charge in [0.1, 0.15) is 0 Å². The Hall–Kier alpha value is -2.51. The minimum atomic E-state index is -0.159. The molecule has 7 nitrogen and oxygen atoms in total. The van der Waals surface area contributed by atoms with Crippen LogP contribution in [0.3, 0.4) is 0 Å². The highest BCUT2D eigenvalue weighted by molar-refractivity contribution is 5.94. The summed E-state index contributed by atoms with van der Waals surface area (Å²) in [6.45, 7) is 4.99. The SMILES string of the molecule is Cc1nc(N(C)C)nc(-c2ccc(C(=O)NCCOCCO)cc2)c1C. The monoisotopic (exact) mass is 358 g/mol. The summed E-state index contributed by atoms with van der Waals surface area (Å²) in [6, 6.07) is 7.35. The molecular formula is C19H26N4O3. The molecule has 0 bridgehead atoms. The zero-order valence-electron chi connectivity index (χ0n) is 15.7. The van der Waals surface area contributed by atoms with Crippen molar-refractivity contribution >= 4 is 11.9 Å². The lowest BCUT2D eigenvalue weighted by molar-refractivity contribution is 0.0838. The van der Waals surface area contributed by atoms with Crippen LogP contribution in [0.1, 0.15) is 21.6 Å². The maximum atomic E-state index is 12.1. The Kier molecular flexibility index (Phi) is 7.06. The van der Waals surface area contributed by atoms with Crippen molar-refractivity contribution in [3.63, 3.8) is 0 Å². The average Bonchev–Trinajstić information content (AvgIpc) is 2.63. The van der Waals surface area contributed by atoms with Crippen LogP contribution in [0.4, 0.5) is 5.95 Å². The molecule has 0 aliphatic heterocycles. The summed E-state index contributed by atoms with van der Waals surface area (Å²) in [7, 11) is 3.82. The van der Waals surface area contributed by atoms with Crippen LogP contribution in [0.15, 0.2) is 24.3 Å². The third kappa shape index (κ3) is 5.00. The van der Waals surface area contributed by atoms with Crippen molar-refractivity contribution in [2.75, 3.05) is 45.4 Å². The second-order valence-electron chi connectivity index (χ2n) is 6.15. The number of rotatable bonds is 8. The lowest BCUT2D eigenvalue weighted by atomic mass is 10.0. The molecule has 0 unspecified atom stereocenters. The molecule has 1 aromatic heterocycles. The number of hydrogen-bond donors (Lipinski definition) is 2. The van der Waals surface area contributed by atoms with Gasteiger partial charge in [-0.15, -0.1) is 0 Å². The van der Waals surface area contributed by atoms with E-state index in [0.29, 0.717) is 24.7 Å². The summed E-state index contributed by atoms with van der Waals surface area (Å²) >= 11 is 0. The molecule has 1 heterocycles. The smallest absolute Gasteiger partial charge is 0.251 e. The van der Waals surface area contributed by atoms with Crippen LogP contribution in [-0.2, 0) is 4.74 Å². The summed E-state index contributed by atoms with van der Waals surface area (Å²) in [5.41, 5.74) is 4.34. The van der Waals surface area contributed by atoms with Crippen LogP contribution in [-0.4, -0.2) is 61.4 Å². The van der Waals surface area contributed by atoms with E-state index in [1.807, 2.05) is 45.0 Å². The maximum absolute atomic E-state index is 12.1. The van der Waals surface area contributed by atoms with Gasteiger partial charge in [-0.05, 0) is 31.5 Å². The Balaban J connectivity index is 2.11. The first-order valence-corrected chi connectivity index (χ1v) is 8.54. The zero-order valence-corrected chi connectivity index (χ0v) is 15.7. The molecule has 1 aromatic carbocycles. The highest BCUT2D eigenvalue weighted by Crippen LogP contribution is 2.25. The van der Waals surface area contributed by atoms with E-state index in [1.165, 1.54) is 0 Å². The second-order valence-corrected chi connectivity index (χ2v) is 6.15. The predicted molar refractivity (Wildman–Crippen MR) is 102 cm³/mol. The van der Waals surface area contributed by atoms with E-state index in [9.17, 15) is 4.79 Å². The van der Waals surface area contributed by atoms with E-state index in [4.69, 9.17) is 9.84 Å². The average molecular weight is 358 g/mol. The summed E-state index contributed by atoms with van der Waals surface area (Å²) in [5, 5.41) is 11.4. The van der Waals surface area contributed by atoms with Crippen molar-refractivity contribution in [3.8, 4) is 11.3 Å². The fourth-order valence-electron chi connectivity index (χ4n) is 2.38. The normalized spacial score (nSPS) is 10.7. The lowest BCUT2D eigenvalue weighted by Crippen LogP contribution is -2.27. The molecule has 1 amide bonds. The van der Waals surface area contributed by atoms with Crippen LogP contribution in [0.5, 0.6) is 0 Å². The van der Waals surface area contributed by atoms with Gasteiger partial charge in [0.15, 0.2) is 0 Å². The quantitative estimate of drug-likeness (QED) is 0.697. The summed E-state index contributed by atoms with van der Waals surface area (Å²) in [5.74, 6) is 0.501. The van der Waals surface area contributed by atoms with E-state index < -0.39 is 0 Å². The molecular weight excluding hydrogens is 332 g/mol. The van der Waals surface area contributed by atoms with Gasteiger partial charge < -0.3 is 20.1 Å². The fourth-order valence-corrected chi connectivity index (χ4v) is 2.38. The number of anilines is 1. The predicted octanol–water partition coefficient (Wildman–Crippen LogP) is 1.57. The fraction of sp³-hybridized carbons (Fsp3) is 0.421. The number of carbonyl (C=O) groups excluding carboxylic acids is 1. The number of ether oxygens (including phenoxy) is 1. The Morgan fingerprint density at radius 3 is 2.46 bits per heavy atom. The van der Waals surface area contributed by atoms with Gasteiger partial charge in [-0.25, -0.2) is 9.97 Å². The van der Waals surface area contributed by atoms with Crippen LogP contribution < -0.4 is 10.2 Å². The minimum Gasteiger partial charge on any atom is -0.394 e. The molecule has 0 aliphatic rings. The molecule has 7 heteroatoms. The molecule has 0 saturated carbocycles. The molecule has 0 aliphatic carbocycles. The summed E-state index contributed by atoms with van der Waals surface area (Å²) < 4.78 is 5.12. The second kappa shape index (κ2) is 9.26. The van der Waals surface area contributed by atoms with Gasteiger partial charge in [0.25, 0.3) is 5.91 Å². The zero-order chi connectivity index (χ0) is 19.1. The van der Waals surface area contributed by atoms with Gasteiger partial charge in [0.2, 0.25) is 5.95 Å². The molecule has 2 rings (SSSR count). The molecule has 26 heavy (non-hydrogen) atoms. The van der Waals surface area contributed by atoms with Crippen molar-refractivity contribution in [1.82, 2.24) is 15.3 Å². The van der Waals surface area contributed by atoms with Crippen LogP contribution in [0.2, 0.25) is 0 Å². The Bertz CT molecular complexity index is 745. The van der Waals surface area contributed by atoms with Gasteiger partial charge >= 0.3 is 0 Å². The summed E-state index contributed by atoms with van der Waals surface area (Å²) in [6.07, 6.45) is 0. The Labute approximate surface area is 154 Å². The largest absolute Gasteiger partial charge is 0.394 e. The first-order valence-electron chi connectivity index (χ1n) is 8.54. The molecule has 0 fully saturated rings. The number of benzene rings is 1. The number of nitrogens with zero attached hydrogens (tertiary/aromatic N) is 3. The van der Waals surface area contributed by atoms with E-state index in [0.717, 1.165) is 22.5 Å². The number of aryl methyl sites for hydroxylation is 1. The van der Waals surface area contributed by atoms with Gasteiger partial charge in [0.05, 0.1) is 25.5 Å². The number of aliphatic hydroxyl groups excluding tert-OH is 1. The molecule has 140 valence electrons. The van der Waals surface area contributed by atoms with E-state index in [2.05, 4.69) is 15.3 Å². The van der Waals surface area contributed by atoms with Crippen molar-refractivity contribution < 1.29 is 14.6 Å². The third-order valence-electron chi connectivity index (χ3n) is 3.97. The number of aromatic nitrogens is 2. The highest BCUT2D eigenvalue weighted by atomic mass is 16.5. The third-order valence-corrected chi connectivity index (χ3v) is 3.97. The van der Waals surface area contributed by atoms with Gasteiger partial charge in [-0.1, -0.05) is 12.1 Å². The standard InChI is InChI=1S/C19H26N4O3/c1-13-14(2)21-19(23(3)4)22-17(13)15-5-7-16(8-6-15)18(25)20-9-11-26-12-10-24/h5-8,24H,9-12H2,1-4H3,(H,20,25). The van der Waals surface area contributed by atoms with Gasteiger partial charge in [0, 0.05) is 37.5 Å². The molecule has 0 radical (unpaired) electrons. The Morgan fingerprint density at radius 2 is 1.85 bits per heavy atom. The molecule has 2 aromatic rings. The van der Waals surface area contributed by atoms with E-state index >= 15 is 0 Å². The molecule has 2 N–H and O–H groups in total. The van der Waals surface area contributed by atoms with E-state index in [-0.39, 0.29) is 19.1 Å². The highest BCUT2D eigenvalue weighted by Gasteiger charge is 2.12. The van der Waals surface area contributed by atoms with Crippen molar-refractivity contribution in [2.45, 2.75) is 13.8 Å².